The van der Waals surface area contributed by atoms with Gasteiger partial charge in [-0.25, -0.2) is 0 Å². The van der Waals surface area contributed by atoms with Gasteiger partial charge in [0.2, 0.25) is 0 Å². The van der Waals surface area contributed by atoms with Gasteiger partial charge in [-0.05, 0) is 68.1 Å². The third-order valence-electron chi connectivity index (χ3n) is 1.79. The largest absolute Gasteiger partial charge is 0.382 e. The summed E-state index contributed by atoms with van der Waals surface area (Å²) in [6.45, 7) is 0. The molecule has 2 aromatic heterocycles. The average molecular weight is 448 g/mol. The topological polar surface area (TPSA) is 20.2 Å². The van der Waals surface area contributed by atoms with Gasteiger partial charge in [0, 0.05) is 7.14 Å². The van der Waals surface area contributed by atoms with Crippen molar-refractivity contribution in [3.63, 3.8) is 0 Å². The van der Waals surface area contributed by atoms with Crippen LogP contribution < -0.4 is 0 Å². The molecule has 5 heteroatoms. The first-order valence-corrected chi connectivity index (χ1v) is 7.75. The minimum Gasteiger partial charge on any atom is -0.382 e. The second-order valence-electron chi connectivity index (χ2n) is 2.67. The summed E-state index contributed by atoms with van der Waals surface area (Å²) in [6.07, 6.45) is -0.450. The number of rotatable bonds is 2. The van der Waals surface area contributed by atoms with Gasteiger partial charge in [-0.1, -0.05) is 0 Å². The van der Waals surface area contributed by atoms with Gasteiger partial charge in [0.15, 0.2) is 0 Å². The first-order valence-electron chi connectivity index (χ1n) is 3.84. The lowest BCUT2D eigenvalue weighted by Crippen LogP contribution is -1.97. The predicted octanol–water partition coefficient (Wildman–Crippen LogP) is 4.10. The molecule has 0 fully saturated rings. The molecule has 0 saturated carbocycles. The molecule has 74 valence electrons. The first kappa shape index (κ1) is 11.3. The van der Waals surface area contributed by atoms with Crippen molar-refractivity contribution < 1.29 is 5.11 Å². The van der Waals surface area contributed by atoms with E-state index in [2.05, 4.69) is 45.2 Å². The molecule has 0 spiro atoms. The molecule has 1 N–H and O–H groups in total. The van der Waals surface area contributed by atoms with Crippen LogP contribution in [0.25, 0.3) is 0 Å². The zero-order chi connectivity index (χ0) is 10.1. The fraction of sp³-hybridized carbons (Fsp3) is 0.111. The van der Waals surface area contributed by atoms with E-state index in [9.17, 15) is 5.11 Å². The normalized spacial score (nSPS) is 11.1. The summed E-state index contributed by atoms with van der Waals surface area (Å²) in [4.78, 5) is 2.09. The maximum Gasteiger partial charge on any atom is 0.124 e. The second-order valence-corrected chi connectivity index (χ2v) is 6.89. The van der Waals surface area contributed by atoms with Crippen LogP contribution in [-0.4, -0.2) is 5.11 Å². The van der Waals surface area contributed by atoms with Gasteiger partial charge < -0.3 is 5.11 Å². The third kappa shape index (κ3) is 2.16. The van der Waals surface area contributed by atoms with E-state index < -0.39 is 6.10 Å². The summed E-state index contributed by atoms with van der Waals surface area (Å²) in [7, 11) is 0. The molecule has 0 saturated heterocycles. The van der Waals surface area contributed by atoms with Gasteiger partial charge >= 0.3 is 0 Å². The Bertz CT molecular complexity index is 395. The highest BCUT2D eigenvalue weighted by atomic mass is 127. The van der Waals surface area contributed by atoms with Crippen molar-refractivity contribution >= 4 is 67.9 Å². The molecule has 0 aliphatic heterocycles. The van der Waals surface area contributed by atoms with E-state index in [1.165, 1.54) is 0 Å². The molecular weight excluding hydrogens is 442 g/mol. The molecule has 0 bridgehead atoms. The maximum atomic E-state index is 10.1. The van der Waals surface area contributed by atoms with Crippen LogP contribution in [0.4, 0.5) is 0 Å². The van der Waals surface area contributed by atoms with Crippen molar-refractivity contribution in [2.45, 2.75) is 6.10 Å². The molecule has 0 radical (unpaired) electrons. The third-order valence-corrected chi connectivity index (χ3v) is 6.34. The Kier molecular flexibility index (Phi) is 3.85. The molecule has 2 rings (SSSR count). The Morgan fingerprint density at radius 1 is 1.00 bits per heavy atom. The predicted molar refractivity (Wildman–Crippen MR) is 78.1 cm³/mol. The summed E-state index contributed by atoms with van der Waals surface area (Å²) in [6, 6.07) is 4.06. The van der Waals surface area contributed by atoms with Crippen molar-refractivity contribution in [2.24, 2.45) is 0 Å². The molecule has 14 heavy (non-hydrogen) atoms. The van der Waals surface area contributed by atoms with Crippen LogP contribution in [0.3, 0.4) is 0 Å². The Morgan fingerprint density at radius 3 is 1.71 bits per heavy atom. The molecule has 2 aromatic rings. The summed E-state index contributed by atoms with van der Waals surface area (Å²) in [5.74, 6) is 0. The number of hydrogen-bond donors (Lipinski definition) is 1. The molecule has 0 aromatic carbocycles. The second kappa shape index (κ2) is 4.77. The molecule has 0 unspecified atom stereocenters. The van der Waals surface area contributed by atoms with Crippen LogP contribution in [0, 0.1) is 7.14 Å². The van der Waals surface area contributed by atoms with Crippen LogP contribution in [0.2, 0.25) is 0 Å². The van der Waals surface area contributed by atoms with Crippen LogP contribution in [0.1, 0.15) is 15.9 Å². The average Bonchev–Trinajstić information content (AvgIpc) is 2.73. The van der Waals surface area contributed by atoms with E-state index in [1.54, 1.807) is 22.7 Å². The molecule has 0 amide bonds. The van der Waals surface area contributed by atoms with Gasteiger partial charge in [-0.3, -0.25) is 0 Å². The number of thiophene rings is 2. The van der Waals surface area contributed by atoms with E-state index in [-0.39, 0.29) is 0 Å². The fourth-order valence-corrected chi connectivity index (χ4v) is 4.95. The monoisotopic (exact) mass is 448 g/mol. The van der Waals surface area contributed by atoms with E-state index in [0.717, 1.165) is 16.9 Å². The SMILES string of the molecule is OC(c1sccc1I)c1sccc1I. The Hall–Kier alpha value is 0.820. The first-order chi connectivity index (χ1) is 6.70. The van der Waals surface area contributed by atoms with Crippen molar-refractivity contribution in [1.82, 2.24) is 0 Å². The van der Waals surface area contributed by atoms with Crippen molar-refractivity contribution in [3.05, 3.63) is 39.8 Å². The van der Waals surface area contributed by atoms with Crippen LogP contribution in [-0.2, 0) is 0 Å². The number of halogens is 2. The Labute approximate surface area is 117 Å². The van der Waals surface area contributed by atoms with E-state index in [0.29, 0.717) is 0 Å². The van der Waals surface area contributed by atoms with Gasteiger partial charge in [-0.15, -0.1) is 22.7 Å². The smallest absolute Gasteiger partial charge is 0.124 e. The fourth-order valence-electron chi connectivity index (χ4n) is 1.12. The van der Waals surface area contributed by atoms with Crippen molar-refractivity contribution in [2.75, 3.05) is 0 Å². The van der Waals surface area contributed by atoms with Crippen LogP contribution in [0.5, 0.6) is 0 Å². The number of aliphatic hydroxyl groups is 1. The van der Waals surface area contributed by atoms with Crippen LogP contribution >= 0.6 is 67.9 Å². The standard InChI is InChI=1S/C9H6I2OS2/c10-5-1-3-13-8(5)7(12)9-6(11)2-4-14-9/h1-4,7,12H. The van der Waals surface area contributed by atoms with Gasteiger partial charge in [-0.2, -0.15) is 0 Å². The minimum atomic E-state index is -0.450. The van der Waals surface area contributed by atoms with Gasteiger partial charge in [0.25, 0.3) is 0 Å². The van der Waals surface area contributed by atoms with E-state index >= 15 is 0 Å². The molecule has 2 heterocycles. The molecule has 1 nitrogen and oxygen atoms in total. The zero-order valence-electron chi connectivity index (χ0n) is 6.91. The Morgan fingerprint density at radius 2 is 1.43 bits per heavy atom. The van der Waals surface area contributed by atoms with Crippen molar-refractivity contribution in [3.8, 4) is 0 Å². The molecule has 0 aliphatic carbocycles. The molecular formula is C9H6I2OS2. The minimum absolute atomic E-state index is 0.450. The van der Waals surface area contributed by atoms with E-state index in [4.69, 9.17) is 0 Å². The Balaban J connectivity index is 2.38. The molecule has 0 aliphatic rings. The maximum absolute atomic E-state index is 10.1. The highest BCUT2D eigenvalue weighted by molar-refractivity contribution is 14.1. The zero-order valence-corrected chi connectivity index (χ0v) is 12.9. The van der Waals surface area contributed by atoms with Gasteiger partial charge in [0.1, 0.15) is 6.10 Å². The summed E-state index contributed by atoms with van der Waals surface area (Å²) < 4.78 is 2.29. The van der Waals surface area contributed by atoms with Crippen molar-refractivity contribution in [1.29, 1.82) is 0 Å². The lowest BCUT2D eigenvalue weighted by molar-refractivity contribution is 0.226. The summed E-state index contributed by atoms with van der Waals surface area (Å²) >= 11 is 7.74. The number of aliphatic hydroxyl groups excluding tert-OH is 1. The lowest BCUT2D eigenvalue weighted by atomic mass is 10.2. The lowest BCUT2D eigenvalue weighted by Gasteiger charge is -2.07. The van der Waals surface area contributed by atoms with Gasteiger partial charge in [0.05, 0.1) is 9.75 Å². The quantitative estimate of drug-likeness (QED) is 0.687. The number of hydrogen-bond acceptors (Lipinski definition) is 3. The highest BCUT2D eigenvalue weighted by Crippen LogP contribution is 2.35. The van der Waals surface area contributed by atoms with E-state index in [1.807, 2.05) is 22.9 Å². The van der Waals surface area contributed by atoms with Crippen LogP contribution in [0.15, 0.2) is 22.9 Å². The molecule has 0 atom stereocenters. The highest BCUT2D eigenvalue weighted by Gasteiger charge is 2.18. The summed E-state index contributed by atoms with van der Waals surface area (Å²) in [5.41, 5.74) is 0. The summed E-state index contributed by atoms with van der Waals surface area (Å²) in [5, 5.41) is 14.2.